The van der Waals surface area contributed by atoms with Gasteiger partial charge in [0.1, 0.15) is 13.8 Å². The van der Waals surface area contributed by atoms with E-state index in [4.69, 9.17) is 11.6 Å². The van der Waals surface area contributed by atoms with E-state index in [-0.39, 0.29) is 0 Å². The minimum Gasteiger partial charge on any atom is -0.271 e. The van der Waals surface area contributed by atoms with E-state index in [1.54, 1.807) is 0 Å². The van der Waals surface area contributed by atoms with E-state index in [2.05, 4.69) is 53.7 Å². The number of nitrogens with zero attached hydrogens (tertiary/aromatic N) is 2. The molecule has 0 saturated heterocycles. The summed E-state index contributed by atoms with van der Waals surface area (Å²) >= 11 is 11.3. The third-order valence-electron chi connectivity index (χ3n) is 1.42. The van der Waals surface area contributed by atoms with Crippen LogP contribution < -0.4 is 0 Å². The van der Waals surface area contributed by atoms with E-state index >= 15 is 0 Å². The largest absolute Gasteiger partial charge is 0.271 e. The van der Waals surface area contributed by atoms with Gasteiger partial charge < -0.3 is 0 Å². The van der Waals surface area contributed by atoms with Crippen molar-refractivity contribution in [2.24, 2.45) is 0 Å². The number of fused-ring (bicyclic) bond motifs is 1. The molecule has 0 aliphatic heterocycles. The summed E-state index contributed by atoms with van der Waals surface area (Å²) in [5.41, 5.74) is 0.712. The Hall–Kier alpha value is 0.120. The van der Waals surface area contributed by atoms with Gasteiger partial charge in [-0.3, -0.25) is 5.10 Å². The third-order valence-corrected chi connectivity index (χ3v) is 2.91. The van der Waals surface area contributed by atoms with E-state index in [1.165, 1.54) is 0 Å². The molecule has 0 aliphatic rings. The zero-order chi connectivity index (χ0) is 8.72. The maximum atomic E-state index is 5.85. The van der Waals surface area contributed by atoms with Crippen molar-refractivity contribution in [1.82, 2.24) is 15.2 Å². The van der Waals surface area contributed by atoms with Crippen molar-refractivity contribution in [2.75, 3.05) is 0 Å². The molecule has 6 heteroatoms. The van der Waals surface area contributed by atoms with Crippen molar-refractivity contribution >= 4 is 61.0 Å². The van der Waals surface area contributed by atoms with Crippen LogP contribution in [0.1, 0.15) is 0 Å². The Morgan fingerprint density at radius 2 is 2.33 bits per heavy atom. The predicted molar refractivity (Wildman–Crippen MR) is 59.3 cm³/mol. The summed E-state index contributed by atoms with van der Waals surface area (Å²) in [6, 6.07) is 1.88. The van der Waals surface area contributed by atoms with Crippen LogP contribution in [0.25, 0.3) is 10.9 Å². The molecule has 0 saturated carbocycles. The molecular formula is C6H2BrClIN3. The molecule has 3 nitrogen and oxygen atoms in total. The maximum Gasteiger partial charge on any atom is 0.158 e. The van der Waals surface area contributed by atoms with Gasteiger partial charge in [-0.05, 0) is 44.6 Å². The lowest BCUT2D eigenvalue weighted by Gasteiger charge is -1.92. The van der Waals surface area contributed by atoms with Gasteiger partial charge in [0.25, 0.3) is 0 Å². The second-order valence-electron chi connectivity index (χ2n) is 2.17. The van der Waals surface area contributed by atoms with Crippen molar-refractivity contribution in [3.05, 3.63) is 19.5 Å². The summed E-state index contributed by atoms with van der Waals surface area (Å²) in [7, 11) is 0. The summed E-state index contributed by atoms with van der Waals surface area (Å²) in [6.45, 7) is 0. The molecule has 0 radical (unpaired) electrons. The lowest BCUT2D eigenvalue weighted by atomic mass is 10.3. The van der Waals surface area contributed by atoms with Gasteiger partial charge >= 0.3 is 0 Å². The van der Waals surface area contributed by atoms with Crippen molar-refractivity contribution in [3.63, 3.8) is 0 Å². The van der Waals surface area contributed by atoms with Crippen LogP contribution >= 0.6 is 50.1 Å². The molecule has 0 fully saturated rings. The van der Waals surface area contributed by atoms with E-state index < -0.39 is 0 Å². The van der Waals surface area contributed by atoms with Crippen LogP contribution in [0.15, 0.2) is 10.7 Å². The van der Waals surface area contributed by atoms with Gasteiger partial charge in [0.05, 0.1) is 0 Å². The lowest BCUT2D eigenvalue weighted by Crippen LogP contribution is -1.79. The summed E-state index contributed by atoms with van der Waals surface area (Å²) < 4.78 is 1.69. The monoisotopic (exact) mass is 357 g/mol. The molecule has 2 aromatic heterocycles. The van der Waals surface area contributed by atoms with Crippen molar-refractivity contribution in [1.29, 1.82) is 0 Å². The third kappa shape index (κ3) is 1.33. The van der Waals surface area contributed by atoms with E-state index in [1.807, 2.05) is 6.07 Å². The highest BCUT2D eigenvalue weighted by molar-refractivity contribution is 14.1. The average Bonchev–Trinajstić information content (AvgIpc) is 2.33. The topological polar surface area (TPSA) is 41.6 Å². The van der Waals surface area contributed by atoms with Crippen LogP contribution in [0.2, 0.25) is 5.15 Å². The summed E-state index contributed by atoms with van der Waals surface area (Å²) in [6.07, 6.45) is 0. The van der Waals surface area contributed by atoms with Gasteiger partial charge in [-0.2, -0.15) is 5.10 Å². The Bertz CT molecular complexity index is 442. The van der Waals surface area contributed by atoms with Crippen molar-refractivity contribution in [3.8, 4) is 0 Å². The molecule has 2 heterocycles. The summed E-state index contributed by atoms with van der Waals surface area (Å²) in [5.74, 6) is 0. The molecule has 0 aromatic carbocycles. The van der Waals surface area contributed by atoms with Gasteiger partial charge in [0.15, 0.2) is 5.15 Å². The van der Waals surface area contributed by atoms with Crippen molar-refractivity contribution < 1.29 is 0 Å². The van der Waals surface area contributed by atoms with Gasteiger partial charge in [-0.1, -0.05) is 11.6 Å². The number of hydrogen-bond acceptors (Lipinski definition) is 2. The lowest BCUT2D eigenvalue weighted by molar-refractivity contribution is 1.09. The van der Waals surface area contributed by atoms with Gasteiger partial charge in [-0.15, -0.1) is 0 Å². The van der Waals surface area contributed by atoms with Crippen LogP contribution in [0.5, 0.6) is 0 Å². The fourth-order valence-corrected chi connectivity index (χ4v) is 2.19. The number of H-pyrrole nitrogens is 1. The van der Waals surface area contributed by atoms with E-state index in [9.17, 15) is 0 Å². The number of halogens is 3. The molecule has 2 rings (SSSR count). The molecule has 0 atom stereocenters. The minimum atomic E-state index is 0.415. The smallest absolute Gasteiger partial charge is 0.158 e. The van der Waals surface area contributed by atoms with Crippen molar-refractivity contribution in [2.45, 2.75) is 0 Å². The molecule has 0 amide bonds. The fraction of sp³-hybridized carbons (Fsp3) is 0. The minimum absolute atomic E-state index is 0.415. The summed E-state index contributed by atoms with van der Waals surface area (Å²) in [4.78, 5) is 4.01. The van der Waals surface area contributed by atoms with Crippen LogP contribution in [0.3, 0.4) is 0 Å². The highest BCUT2D eigenvalue weighted by Crippen LogP contribution is 2.25. The Morgan fingerprint density at radius 1 is 1.58 bits per heavy atom. The standard InChI is InChI=1S/C6H2BrClIN3/c7-3-1-2-4(5(8)10-3)11-12-6(2)9/h1H,(H,11,12). The van der Waals surface area contributed by atoms with Gasteiger partial charge in [0, 0.05) is 5.39 Å². The van der Waals surface area contributed by atoms with Gasteiger partial charge in [0.2, 0.25) is 0 Å². The number of aromatic nitrogens is 3. The molecule has 1 N–H and O–H groups in total. The Labute approximate surface area is 95.2 Å². The van der Waals surface area contributed by atoms with Crippen LogP contribution in [0, 0.1) is 3.70 Å². The number of rotatable bonds is 0. The number of aromatic amines is 1. The number of hydrogen-bond donors (Lipinski definition) is 1. The first-order valence-electron chi connectivity index (χ1n) is 3.04. The maximum absolute atomic E-state index is 5.85. The SMILES string of the molecule is Clc1nc(Br)cc2c(I)[nH]nc12. The highest BCUT2D eigenvalue weighted by Gasteiger charge is 2.08. The second-order valence-corrected chi connectivity index (χ2v) is 4.42. The zero-order valence-electron chi connectivity index (χ0n) is 5.61. The number of nitrogens with one attached hydrogen (secondary N) is 1. The first kappa shape index (κ1) is 8.71. The quantitative estimate of drug-likeness (QED) is 0.581. The molecule has 62 valence electrons. The normalized spacial score (nSPS) is 10.9. The summed E-state index contributed by atoms with van der Waals surface area (Å²) in [5, 5.41) is 8.25. The molecular weight excluding hydrogens is 356 g/mol. The fourth-order valence-electron chi connectivity index (χ4n) is 0.916. The van der Waals surface area contributed by atoms with Crippen LogP contribution in [-0.4, -0.2) is 15.2 Å². The first-order chi connectivity index (χ1) is 5.68. The molecule has 0 unspecified atom stereocenters. The second kappa shape index (κ2) is 3.12. The predicted octanol–water partition coefficient (Wildman–Crippen LogP) is 2.98. The first-order valence-corrected chi connectivity index (χ1v) is 5.29. The zero-order valence-corrected chi connectivity index (χ0v) is 10.1. The number of pyridine rings is 1. The average molecular weight is 358 g/mol. The van der Waals surface area contributed by atoms with E-state index in [0.29, 0.717) is 10.7 Å². The Kier molecular flexibility index (Phi) is 2.26. The van der Waals surface area contributed by atoms with Crippen LogP contribution in [0.4, 0.5) is 0 Å². The van der Waals surface area contributed by atoms with Gasteiger partial charge in [-0.25, -0.2) is 4.98 Å². The Morgan fingerprint density at radius 3 is 3.08 bits per heavy atom. The molecule has 0 spiro atoms. The molecule has 0 bridgehead atoms. The van der Waals surface area contributed by atoms with Crippen LogP contribution in [-0.2, 0) is 0 Å². The highest BCUT2D eigenvalue weighted by atomic mass is 127. The molecule has 12 heavy (non-hydrogen) atoms. The molecule has 2 aromatic rings. The Balaban J connectivity index is 2.92. The molecule has 0 aliphatic carbocycles. The van der Waals surface area contributed by atoms with E-state index in [0.717, 1.165) is 13.7 Å².